The molecule has 4 bridgehead atoms. The Balaban J connectivity index is 1.36. The molecular weight excluding hydrogens is 364 g/mol. The third-order valence-electron chi connectivity index (χ3n) is 8.24. The topological polar surface area (TPSA) is 6.48 Å². The molecule has 0 aliphatic carbocycles. The van der Waals surface area contributed by atoms with Gasteiger partial charge in [0.2, 0.25) is 0 Å². The Kier molecular flexibility index (Phi) is 5.98. The van der Waals surface area contributed by atoms with Gasteiger partial charge in [-0.1, -0.05) is 60.7 Å². The van der Waals surface area contributed by atoms with Crippen LogP contribution in [0.1, 0.15) is 49.7 Å². The van der Waals surface area contributed by atoms with Crippen LogP contribution in [-0.2, 0) is 12.8 Å². The Hall–Kier alpha value is -1.64. The van der Waals surface area contributed by atoms with Gasteiger partial charge in [0.1, 0.15) is 0 Å². The van der Waals surface area contributed by atoms with Gasteiger partial charge >= 0.3 is 0 Å². The van der Waals surface area contributed by atoms with E-state index in [-0.39, 0.29) is 0 Å². The minimum atomic E-state index is 0.469. The first kappa shape index (κ1) is 20.3. The summed E-state index contributed by atoms with van der Waals surface area (Å²) in [4.78, 5) is 5.67. The molecule has 0 amide bonds. The van der Waals surface area contributed by atoms with Crippen molar-refractivity contribution in [3.63, 3.8) is 0 Å². The summed E-state index contributed by atoms with van der Waals surface area (Å²) in [5.74, 6) is 0. The first-order valence-electron chi connectivity index (χ1n) is 12.3. The first-order chi connectivity index (χ1) is 14.7. The van der Waals surface area contributed by atoms with Gasteiger partial charge in [0.05, 0.1) is 0 Å². The predicted molar refractivity (Wildman–Crippen MR) is 126 cm³/mol. The van der Waals surface area contributed by atoms with Crippen molar-refractivity contribution >= 4 is 0 Å². The van der Waals surface area contributed by atoms with Crippen molar-refractivity contribution in [2.24, 2.45) is 10.8 Å². The maximum absolute atomic E-state index is 2.84. The van der Waals surface area contributed by atoms with E-state index >= 15 is 0 Å². The number of nitrogens with zero attached hydrogens (tertiary/aromatic N) is 2. The van der Waals surface area contributed by atoms with E-state index in [9.17, 15) is 0 Å². The number of hydrogen-bond donors (Lipinski definition) is 0. The second-order valence-electron chi connectivity index (χ2n) is 10.6. The quantitative estimate of drug-likeness (QED) is 0.673. The highest BCUT2D eigenvalue weighted by Crippen LogP contribution is 2.42. The fourth-order valence-electron chi connectivity index (χ4n) is 6.72. The molecule has 3 fully saturated rings. The summed E-state index contributed by atoms with van der Waals surface area (Å²) in [5, 5.41) is 0. The predicted octanol–water partition coefficient (Wildman–Crippen LogP) is 5.43. The zero-order valence-electron chi connectivity index (χ0n) is 18.6. The lowest BCUT2D eigenvalue weighted by molar-refractivity contribution is 0.00775. The second-order valence-corrected chi connectivity index (χ2v) is 10.6. The SMILES string of the molecule is c1ccc(CC23CCCN(CCC4(Cc5ccccc5)CCCN(CC2)C4)C3)cc1. The monoisotopic (exact) mass is 402 g/mol. The molecule has 0 saturated carbocycles. The van der Waals surface area contributed by atoms with Crippen molar-refractivity contribution in [1.82, 2.24) is 9.80 Å². The molecule has 30 heavy (non-hydrogen) atoms. The molecule has 2 aromatic rings. The van der Waals surface area contributed by atoms with Crippen molar-refractivity contribution in [3.8, 4) is 0 Å². The molecule has 4 atom stereocenters. The molecule has 4 unspecified atom stereocenters. The highest BCUT2D eigenvalue weighted by Gasteiger charge is 2.41. The number of fused-ring (bicyclic) bond motifs is 4. The average molecular weight is 403 g/mol. The van der Waals surface area contributed by atoms with E-state index in [1.807, 2.05) is 0 Å². The van der Waals surface area contributed by atoms with Crippen LogP contribution in [0.15, 0.2) is 60.7 Å². The maximum Gasteiger partial charge on any atom is 0.00416 e. The Labute approximate surface area is 183 Å². The molecule has 3 aliphatic heterocycles. The van der Waals surface area contributed by atoms with Crippen LogP contribution in [0.4, 0.5) is 0 Å². The molecule has 5 rings (SSSR count). The summed E-state index contributed by atoms with van der Waals surface area (Å²) in [6.45, 7) is 7.80. The molecule has 0 aromatic heterocycles. The first-order valence-corrected chi connectivity index (χ1v) is 12.3. The van der Waals surface area contributed by atoms with Crippen LogP contribution in [0.25, 0.3) is 0 Å². The van der Waals surface area contributed by atoms with Crippen LogP contribution in [0.3, 0.4) is 0 Å². The lowest BCUT2D eigenvalue weighted by atomic mass is 9.69. The highest BCUT2D eigenvalue weighted by molar-refractivity contribution is 5.19. The Morgan fingerprint density at radius 2 is 0.967 bits per heavy atom. The van der Waals surface area contributed by atoms with E-state index in [0.29, 0.717) is 10.8 Å². The average Bonchev–Trinajstić information content (AvgIpc) is 2.78. The van der Waals surface area contributed by atoms with Crippen molar-refractivity contribution in [2.45, 2.75) is 51.4 Å². The fourth-order valence-corrected chi connectivity index (χ4v) is 6.72. The van der Waals surface area contributed by atoms with Gasteiger partial charge in [-0.3, -0.25) is 0 Å². The largest absolute Gasteiger partial charge is 0.303 e. The molecule has 2 nitrogen and oxygen atoms in total. The molecule has 0 radical (unpaired) electrons. The van der Waals surface area contributed by atoms with Gasteiger partial charge in [0.25, 0.3) is 0 Å². The summed E-state index contributed by atoms with van der Waals surface area (Å²) in [5.41, 5.74) is 4.01. The minimum absolute atomic E-state index is 0.469. The van der Waals surface area contributed by atoms with Crippen LogP contribution >= 0.6 is 0 Å². The van der Waals surface area contributed by atoms with E-state index in [2.05, 4.69) is 70.5 Å². The van der Waals surface area contributed by atoms with Crippen molar-refractivity contribution in [1.29, 1.82) is 0 Å². The highest BCUT2D eigenvalue weighted by atomic mass is 15.2. The van der Waals surface area contributed by atoms with E-state index in [0.717, 1.165) is 0 Å². The maximum atomic E-state index is 2.84. The van der Waals surface area contributed by atoms with Crippen LogP contribution in [0, 0.1) is 10.8 Å². The summed E-state index contributed by atoms with van der Waals surface area (Å²) in [6, 6.07) is 22.6. The minimum Gasteiger partial charge on any atom is -0.303 e. The van der Waals surface area contributed by atoms with Crippen LogP contribution in [0.5, 0.6) is 0 Å². The van der Waals surface area contributed by atoms with Crippen LogP contribution in [-0.4, -0.2) is 49.1 Å². The third-order valence-corrected chi connectivity index (χ3v) is 8.24. The zero-order valence-corrected chi connectivity index (χ0v) is 18.6. The van der Waals surface area contributed by atoms with Gasteiger partial charge < -0.3 is 9.80 Å². The molecule has 3 heterocycles. The standard InChI is InChI=1S/C28H38N2/c1-3-9-25(10-4-1)21-27-13-7-17-29(23-27)20-16-28(22-26-11-5-2-6-12-26)14-8-18-30(24-28)19-15-27/h1-6,9-12H,7-8,13-24H2. The van der Waals surface area contributed by atoms with E-state index in [1.54, 1.807) is 0 Å². The smallest absolute Gasteiger partial charge is 0.00416 e. The van der Waals surface area contributed by atoms with Gasteiger partial charge in [-0.05, 0) is 99.5 Å². The molecule has 0 spiro atoms. The number of piperidine rings is 2. The Morgan fingerprint density at radius 3 is 1.40 bits per heavy atom. The zero-order chi connectivity index (χ0) is 20.3. The lowest BCUT2D eigenvalue weighted by Gasteiger charge is -2.50. The molecule has 160 valence electrons. The van der Waals surface area contributed by atoms with Gasteiger partial charge in [0, 0.05) is 13.1 Å². The van der Waals surface area contributed by atoms with E-state index < -0.39 is 0 Å². The molecule has 2 heteroatoms. The number of rotatable bonds is 4. The molecule has 3 saturated heterocycles. The molecule has 0 N–H and O–H groups in total. The van der Waals surface area contributed by atoms with Crippen molar-refractivity contribution in [2.75, 3.05) is 39.3 Å². The van der Waals surface area contributed by atoms with Gasteiger partial charge in [-0.2, -0.15) is 0 Å². The molecule has 3 aliphatic rings. The number of hydrogen-bond acceptors (Lipinski definition) is 2. The Morgan fingerprint density at radius 1 is 0.533 bits per heavy atom. The van der Waals surface area contributed by atoms with E-state index in [1.165, 1.54) is 102 Å². The summed E-state index contributed by atoms with van der Waals surface area (Å²) >= 11 is 0. The van der Waals surface area contributed by atoms with Crippen LogP contribution in [0.2, 0.25) is 0 Å². The van der Waals surface area contributed by atoms with Gasteiger partial charge in [-0.15, -0.1) is 0 Å². The normalized spacial score (nSPS) is 34.3. The summed E-state index contributed by atoms with van der Waals surface area (Å²) in [6.07, 6.45) is 10.8. The Bertz CT molecular complexity index is 734. The number of benzene rings is 2. The summed E-state index contributed by atoms with van der Waals surface area (Å²) in [7, 11) is 0. The van der Waals surface area contributed by atoms with Crippen LogP contribution < -0.4 is 0 Å². The summed E-state index contributed by atoms with van der Waals surface area (Å²) < 4.78 is 0. The van der Waals surface area contributed by atoms with Gasteiger partial charge in [0.15, 0.2) is 0 Å². The lowest BCUT2D eigenvalue weighted by Crippen LogP contribution is -2.52. The molecular formula is C28H38N2. The van der Waals surface area contributed by atoms with Crippen molar-refractivity contribution < 1.29 is 0 Å². The van der Waals surface area contributed by atoms with Crippen molar-refractivity contribution in [3.05, 3.63) is 71.8 Å². The van der Waals surface area contributed by atoms with Gasteiger partial charge in [-0.25, -0.2) is 0 Å². The fraction of sp³-hybridized carbons (Fsp3) is 0.571. The van der Waals surface area contributed by atoms with E-state index in [4.69, 9.17) is 0 Å². The third kappa shape index (κ3) is 4.65. The molecule has 2 aromatic carbocycles. The second kappa shape index (κ2) is 8.85.